The maximum atomic E-state index is 13.2. The second-order valence-corrected chi connectivity index (χ2v) is 8.73. The predicted octanol–water partition coefficient (Wildman–Crippen LogP) is 3.26. The third-order valence-electron chi connectivity index (χ3n) is 5.53. The van der Waals surface area contributed by atoms with Crippen molar-refractivity contribution in [2.24, 2.45) is 0 Å². The summed E-state index contributed by atoms with van der Waals surface area (Å²) in [6.45, 7) is 3.80. The molecule has 1 N–H and O–H groups in total. The number of rotatable bonds is 5. The van der Waals surface area contributed by atoms with E-state index in [4.69, 9.17) is 14.6 Å². The standard InChI is InChI=1S/C23H22N4O4S/c1-3-4-11-32-23-24-21(29)20-16-7-5-6-8-17(16)26(14(2)28)22(27(20)25-23)15-9-10-18-19(12-15)31-13-30-18/h5-10,12,22H,3-4,11,13H2,1-2H3/p+1/t22-/m0/s1. The van der Waals surface area contributed by atoms with E-state index in [1.807, 2.05) is 42.5 Å². The highest BCUT2D eigenvalue weighted by Gasteiger charge is 2.45. The van der Waals surface area contributed by atoms with Crippen molar-refractivity contribution < 1.29 is 19.0 Å². The number of hydrogen-bond donors (Lipinski definition) is 1. The van der Waals surface area contributed by atoms with Gasteiger partial charge in [-0.05, 0) is 41.4 Å². The number of aromatic nitrogens is 3. The van der Waals surface area contributed by atoms with Crippen LogP contribution in [0.3, 0.4) is 0 Å². The summed E-state index contributed by atoms with van der Waals surface area (Å²) in [4.78, 5) is 30.7. The van der Waals surface area contributed by atoms with E-state index in [-0.39, 0.29) is 18.3 Å². The Labute approximate surface area is 189 Å². The average molecular weight is 452 g/mol. The van der Waals surface area contributed by atoms with E-state index in [0.717, 1.165) is 24.2 Å². The maximum Gasteiger partial charge on any atom is 0.325 e. The van der Waals surface area contributed by atoms with Crippen molar-refractivity contribution in [2.45, 2.75) is 38.0 Å². The molecule has 5 rings (SSSR count). The molecule has 2 aliphatic rings. The van der Waals surface area contributed by atoms with E-state index in [0.29, 0.717) is 33.6 Å². The predicted molar refractivity (Wildman–Crippen MR) is 120 cm³/mol. The van der Waals surface area contributed by atoms with Crippen LogP contribution in [0, 0.1) is 0 Å². The lowest BCUT2D eigenvalue weighted by molar-refractivity contribution is -0.763. The molecule has 0 fully saturated rings. The first-order valence-electron chi connectivity index (χ1n) is 10.6. The highest BCUT2D eigenvalue weighted by molar-refractivity contribution is 7.99. The minimum Gasteiger partial charge on any atom is -0.454 e. The van der Waals surface area contributed by atoms with Gasteiger partial charge in [-0.15, -0.1) is 0 Å². The number of carbonyl (C=O) groups excluding carboxylic acids is 1. The van der Waals surface area contributed by atoms with Crippen LogP contribution in [0.25, 0.3) is 11.3 Å². The number of amides is 1. The van der Waals surface area contributed by atoms with Gasteiger partial charge in [-0.25, -0.2) is 4.90 Å². The topological polar surface area (TPSA) is 88.4 Å². The summed E-state index contributed by atoms with van der Waals surface area (Å²) in [7, 11) is 0. The molecule has 0 aliphatic carbocycles. The fourth-order valence-corrected chi connectivity index (χ4v) is 5.00. The summed E-state index contributed by atoms with van der Waals surface area (Å²) >= 11 is 1.50. The van der Waals surface area contributed by atoms with E-state index in [2.05, 4.69) is 11.9 Å². The number of anilines is 1. The third kappa shape index (κ3) is 3.42. The first-order chi connectivity index (χ1) is 15.6. The first-order valence-corrected chi connectivity index (χ1v) is 11.5. The highest BCUT2D eigenvalue weighted by Crippen LogP contribution is 2.40. The van der Waals surface area contributed by atoms with E-state index in [1.165, 1.54) is 18.7 Å². The van der Waals surface area contributed by atoms with Crippen molar-refractivity contribution in [3.63, 3.8) is 0 Å². The van der Waals surface area contributed by atoms with Gasteiger partial charge in [0, 0.05) is 23.3 Å². The van der Waals surface area contributed by atoms with Crippen molar-refractivity contribution in [2.75, 3.05) is 17.4 Å². The molecule has 32 heavy (non-hydrogen) atoms. The zero-order valence-corrected chi connectivity index (χ0v) is 18.6. The van der Waals surface area contributed by atoms with E-state index < -0.39 is 6.17 Å². The average Bonchev–Trinajstić information content (AvgIpc) is 3.26. The summed E-state index contributed by atoms with van der Waals surface area (Å²) in [6, 6.07) is 13.0. The summed E-state index contributed by atoms with van der Waals surface area (Å²) < 4.78 is 12.7. The molecule has 2 aliphatic heterocycles. The number of nitrogens with zero attached hydrogens (tertiary/aromatic N) is 3. The van der Waals surface area contributed by atoms with Gasteiger partial charge in [0.2, 0.25) is 17.9 Å². The summed E-state index contributed by atoms with van der Waals surface area (Å²) in [5.74, 6) is 1.95. The second-order valence-electron chi connectivity index (χ2n) is 7.65. The number of aromatic amines is 1. The van der Waals surface area contributed by atoms with Gasteiger partial charge in [-0.3, -0.25) is 14.6 Å². The molecule has 164 valence electrons. The normalized spacial score (nSPS) is 15.9. The van der Waals surface area contributed by atoms with Crippen LogP contribution in [-0.2, 0) is 4.79 Å². The molecule has 0 saturated carbocycles. The summed E-state index contributed by atoms with van der Waals surface area (Å²) in [6.07, 6.45) is 1.44. The zero-order chi connectivity index (χ0) is 22.2. The van der Waals surface area contributed by atoms with Crippen LogP contribution in [0.5, 0.6) is 11.5 Å². The van der Waals surface area contributed by atoms with Gasteiger partial charge in [-0.2, -0.15) is 0 Å². The second kappa shape index (κ2) is 8.31. The van der Waals surface area contributed by atoms with E-state index in [9.17, 15) is 9.59 Å². The van der Waals surface area contributed by atoms with E-state index >= 15 is 0 Å². The molecule has 8 nitrogen and oxygen atoms in total. The Bertz CT molecular complexity index is 1260. The van der Waals surface area contributed by atoms with Gasteiger partial charge >= 0.3 is 11.3 Å². The molecule has 0 spiro atoms. The number of ether oxygens (including phenoxy) is 2. The number of H-pyrrole nitrogens is 1. The molecule has 3 aromatic rings. The number of hydrogen-bond acceptors (Lipinski definition) is 6. The lowest BCUT2D eigenvalue weighted by Gasteiger charge is -2.31. The van der Waals surface area contributed by atoms with Crippen LogP contribution in [-0.4, -0.2) is 28.5 Å². The van der Waals surface area contributed by atoms with Gasteiger partial charge in [0.25, 0.3) is 6.17 Å². The van der Waals surface area contributed by atoms with Crippen molar-refractivity contribution in [3.05, 3.63) is 58.4 Å². The zero-order valence-electron chi connectivity index (χ0n) is 17.8. The first kappa shape index (κ1) is 20.6. The van der Waals surface area contributed by atoms with Crippen molar-refractivity contribution in [1.82, 2.24) is 10.1 Å². The van der Waals surface area contributed by atoms with Crippen molar-refractivity contribution in [1.29, 1.82) is 0 Å². The van der Waals surface area contributed by atoms with Crippen LogP contribution in [0.1, 0.15) is 38.4 Å². The van der Waals surface area contributed by atoms with E-state index in [1.54, 1.807) is 9.58 Å². The van der Waals surface area contributed by atoms with Gasteiger partial charge in [-0.1, -0.05) is 37.2 Å². The van der Waals surface area contributed by atoms with Crippen LogP contribution < -0.4 is 24.6 Å². The summed E-state index contributed by atoms with van der Waals surface area (Å²) in [5.41, 5.74) is 2.29. The number of thioether (sulfide) groups is 1. The number of benzene rings is 2. The molecule has 0 unspecified atom stereocenters. The Hall–Kier alpha value is -3.33. The Kier molecular flexibility index (Phi) is 5.34. The van der Waals surface area contributed by atoms with Crippen molar-refractivity contribution in [3.8, 4) is 22.8 Å². The quantitative estimate of drug-likeness (QED) is 0.364. The van der Waals surface area contributed by atoms with Crippen LogP contribution in [0.15, 0.2) is 52.4 Å². The lowest BCUT2D eigenvalue weighted by Crippen LogP contribution is -2.60. The number of carbonyl (C=O) groups is 1. The molecule has 1 atom stereocenters. The number of nitrogens with one attached hydrogen (secondary N) is 1. The minimum atomic E-state index is -0.639. The maximum absolute atomic E-state index is 13.2. The molecule has 0 bridgehead atoms. The molecule has 0 radical (unpaired) electrons. The summed E-state index contributed by atoms with van der Waals surface area (Å²) in [5, 5.41) is 5.32. The van der Waals surface area contributed by atoms with Gasteiger partial charge in [0.05, 0.1) is 11.3 Å². The third-order valence-corrected chi connectivity index (χ3v) is 6.48. The fourth-order valence-electron chi connectivity index (χ4n) is 4.06. The number of unbranched alkanes of at least 4 members (excludes halogenated alkanes) is 1. The smallest absolute Gasteiger partial charge is 0.325 e. The molecule has 2 aromatic carbocycles. The molecular weight excluding hydrogens is 428 g/mol. The molecule has 1 amide bonds. The molecule has 0 saturated heterocycles. The SMILES string of the molecule is CCCCSc1n[n+]2c(c(=O)[nH]1)-c1ccccc1N(C(C)=O)[C@@H]2c1ccc2c(c1)OCO2. The fraction of sp³-hybridized carbons (Fsp3) is 0.304. The Morgan fingerprint density at radius 2 is 2.06 bits per heavy atom. The minimum absolute atomic E-state index is 0.152. The number of fused-ring (bicyclic) bond motifs is 4. The van der Waals surface area contributed by atoms with Crippen LogP contribution in [0.2, 0.25) is 0 Å². The molecular formula is C23H23N4O4S+. The van der Waals surface area contributed by atoms with Crippen molar-refractivity contribution >= 4 is 23.4 Å². The van der Waals surface area contributed by atoms with Gasteiger partial charge < -0.3 is 9.47 Å². The van der Waals surface area contributed by atoms with Crippen LogP contribution in [0.4, 0.5) is 5.69 Å². The highest BCUT2D eigenvalue weighted by atomic mass is 32.2. The van der Waals surface area contributed by atoms with Gasteiger partial charge in [0.1, 0.15) is 0 Å². The molecule has 3 heterocycles. The van der Waals surface area contributed by atoms with Gasteiger partial charge in [0.15, 0.2) is 11.5 Å². The molecule has 1 aromatic heterocycles. The Balaban J connectivity index is 1.73. The largest absolute Gasteiger partial charge is 0.454 e. The monoisotopic (exact) mass is 451 g/mol. The Morgan fingerprint density at radius 1 is 1.25 bits per heavy atom. The lowest BCUT2D eigenvalue weighted by atomic mass is 10.0. The molecule has 9 heteroatoms. The number of para-hydroxylation sites is 1. The Morgan fingerprint density at radius 3 is 2.88 bits per heavy atom. The van der Waals surface area contributed by atoms with Crippen LogP contribution >= 0.6 is 11.8 Å².